The zero-order valence-electron chi connectivity index (χ0n) is 19.4. The minimum Gasteiger partial charge on any atom is -0.492 e. The Hall–Kier alpha value is -2.73. The fourth-order valence-electron chi connectivity index (χ4n) is 3.73. The van der Waals surface area contributed by atoms with Crippen LogP contribution in [-0.4, -0.2) is 58.2 Å². The second-order valence-electron chi connectivity index (χ2n) is 8.38. The molecule has 1 fully saturated rings. The summed E-state index contributed by atoms with van der Waals surface area (Å²) in [6.07, 6.45) is 2.58. The summed E-state index contributed by atoms with van der Waals surface area (Å²) in [5, 5.41) is 6.94. The van der Waals surface area contributed by atoms with Crippen molar-refractivity contribution in [3.63, 3.8) is 0 Å². The Morgan fingerprint density at radius 3 is 2.65 bits per heavy atom. The van der Waals surface area contributed by atoms with Crippen molar-refractivity contribution in [3.05, 3.63) is 59.7 Å². The third kappa shape index (κ3) is 7.17. The number of likely N-dealkylation sites (N-methyl/N-ethyl adjacent to an activating group) is 1. The smallest absolute Gasteiger partial charge is 0.191 e. The van der Waals surface area contributed by atoms with Gasteiger partial charge in [0.25, 0.3) is 0 Å². The van der Waals surface area contributed by atoms with E-state index < -0.39 is 0 Å². The monoisotopic (exact) mass is 423 g/mol. The third-order valence-electron chi connectivity index (χ3n) is 5.58. The molecule has 1 heterocycles. The molecule has 0 radical (unpaired) electrons. The molecule has 2 N–H and O–H groups in total. The second kappa shape index (κ2) is 11.6. The summed E-state index contributed by atoms with van der Waals surface area (Å²) in [6.45, 7) is 6.76. The number of benzene rings is 2. The number of hydrogen-bond acceptors (Lipinski definition) is 4. The molecule has 3 rings (SSSR count). The average molecular weight is 424 g/mol. The molecule has 1 aliphatic heterocycles. The zero-order valence-corrected chi connectivity index (χ0v) is 19.4. The van der Waals surface area contributed by atoms with Gasteiger partial charge >= 0.3 is 0 Å². The molecule has 1 saturated heterocycles. The molecule has 1 unspecified atom stereocenters. The molecule has 0 aromatic heterocycles. The van der Waals surface area contributed by atoms with Crippen LogP contribution in [-0.2, 0) is 6.54 Å². The molecular weight excluding hydrogens is 386 g/mol. The molecule has 6 nitrogen and oxygen atoms in total. The van der Waals surface area contributed by atoms with Gasteiger partial charge in [-0.05, 0) is 69.3 Å². The first kappa shape index (κ1) is 22.9. The van der Waals surface area contributed by atoms with Gasteiger partial charge < -0.3 is 25.2 Å². The number of ether oxygens (including phenoxy) is 1. The highest BCUT2D eigenvalue weighted by atomic mass is 16.5. The molecule has 2 aromatic rings. The molecule has 0 spiro atoms. The molecule has 0 saturated carbocycles. The van der Waals surface area contributed by atoms with Crippen molar-refractivity contribution in [2.24, 2.45) is 4.99 Å². The van der Waals surface area contributed by atoms with Crippen LogP contribution >= 0.6 is 0 Å². The fraction of sp³-hybridized carbons (Fsp3) is 0.480. The van der Waals surface area contributed by atoms with Crippen LogP contribution < -0.4 is 20.3 Å². The van der Waals surface area contributed by atoms with Crippen LogP contribution in [0.15, 0.2) is 53.5 Å². The highest BCUT2D eigenvalue weighted by molar-refractivity contribution is 5.80. The summed E-state index contributed by atoms with van der Waals surface area (Å²) < 4.78 is 5.85. The number of rotatable bonds is 9. The summed E-state index contributed by atoms with van der Waals surface area (Å²) in [7, 11) is 5.90. The maximum absolute atomic E-state index is 5.85. The maximum Gasteiger partial charge on any atom is 0.191 e. The Balaban J connectivity index is 1.53. The number of nitrogens with one attached hydrogen (secondary N) is 2. The number of aliphatic imine (C=N–C) groups is 1. The van der Waals surface area contributed by atoms with E-state index in [1.165, 1.54) is 24.1 Å². The van der Waals surface area contributed by atoms with E-state index in [2.05, 4.69) is 68.7 Å². The highest BCUT2D eigenvalue weighted by Gasteiger charge is 2.14. The Labute approximate surface area is 187 Å². The van der Waals surface area contributed by atoms with Crippen LogP contribution in [0.1, 0.15) is 36.9 Å². The highest BCUT2D eigenvalue weighted by Crippen LogP contribution is 2.24. The summed E-state index contributed by atoms with van der Waals surface area (Å²) in [5.41, 5.74) is 3.75. The Morgan fingerprint density at radius 1 is 1.13 bits per heavy atom. The summed E-state index contributed by atoms with van der Waals surface area (Å²) in [6, 6.07) is 17.2. The lowest BCUT2D eigenvalue weighted by Gasteiger charge is -2.22. The first-order valence-corrected chi connectivity index (χ1v) is 11.2. The first-order valence-electron chi connectivity index (χ1n) is 11.2. The number of nitrogens with zero attached hydrogens (tertiary/aromatic N) is 3. The van der Waals surface area contributed by atoms with Crippen molar-refractivity contribution in [3.8, 4) is 5.75 Å². The van der Waals surface area contributed by atoms with Gasteiger partial charge in [-0.2, -0.15) is 0 Å². The predicted molar refractivity (Wildman–Crippen MR) is 130 cm³/mol. The van der Waals surface area contributed by atoms with Gasteiger partial charge in [-0.1, -0.05) is 24.3 Å². The molecule has 1 atom stereocenters. The lowest BCUT2D eigenvalue weighted by atomic mass is 10.1. The largest absolute Gasteiger partial charge is 0.492 e. The van der Waals surface area contributed by atoms with E-state index in [0.29, 0.717) is 13.2 Å². The van der Waals surface area contributed by atoms with E-state index in [1.807, 2.05) is 33.3 Å². The van der Waals surface area contributed by atoms with Crippen LogP contribution in [0.4, 0.5) is 5.69 Å². The van der Waals surface area contributed by atoms with Crippen LogP contribution in [0.2, 0.25) is 0 Å². The topological polar surface area (TPSA) is 52.1 Å². The molecule has 168 valence electrons. The van der Waals surface area contributed by atoms with Crippen LogP contribution in [0.25, 0.3) is 0 Å². The van der Waals surface area contributed by atoms with Gasteiger partial charge in [0.1, 0.15) is 12.4 Å². The van der Waals surface area contributed by atoms with Crippen LogP contribution in [0.3, 0.4) is 0 Å². The fourth-order valence-corrected chi connectivity index (χ4v) is 3.73. The molecular formula is C25H37N5O. The van der Waals surface area contributed by atoms with Crippen molar-refractivity contribution >= 4 is 11.6 Å². The second-order valence-corrected chi connectivity index (χ2v) is 8.38. The van der Waals surface area contributed by atoms with E-state index in [-0.39, 0.29) is 6.04 Å². The summed E-state index contributed by atoms with van der Waals surface area (Å²) >= 11 is 0. The molecule has 6 heteroatoms. The van der Waals surface area contributed by atoms with Gasteiger partial charge in [0, 0.05) is 38.9 Å². The van der Waals surface area contributed by atoms with Crippen molar-refractivity contribution in [2.45, 2.75) is 32.4 Å². The Bertz CT molecular complexity index is 845. The van der Waals surface area contributed by atoms with Gasteiger partial charge in [-0.25, -0.2) is 0 Å². The zero-order chi connectivity index (χ0) is 22.1. The van der Waals surface area contributed by atoms with Crippen molar-refractivity contribution in [1.29, 1.82) is 0 Å². The minimum absolute atomic E-state index is 0.162. The Kier molecular flexibility index (Phi) is 8.59. The standard InChI is InChI=1S/C25H37N5O/c1-20(22-10-8-11-23(18-22)30-13-5-6-14-30)28-25(26-2)27-19-21-9-7-12-24(17-21)31-16-15-29(3)4/h7-12,17-18,20H,5-6,13-16,19H2,1-4H3,(H2,26,27,28). The van der Waals surface area contributed by atoms with Crippen LogP contribution in [0.5, 0.6) is 5.75 Å². The van der Waals surface area contributed by atoms with E-state index >= 15 is 0 Å². The molecule has 1 aliphatic rings. The predicted octanol–water partition coefficient (Wildman–Crippen LogP) is 3.65. The molecule has 0 aliphatic carbocycles. The lowest BCUT2D eigenvalue weighted by Crippen LogP contribution is -2.38. The van der Waals surface area contributed by atoms with E-state index in [0.717, 1.165) is 36.9 Å². The average Bonchev–Trinajstić information content (AvgIpc) is 3.32. The third-order valence-corrected chi connectivity index (χ3v) is 5.58. The summed E-state index contributed by atoms with van der Waals surface area (Å²) in [4.78, 5) is 8.99. The van der Waals surface area contributed by atoms with E-state index in [4.69, 9.17) is 4.74 Å². The molecule has 0 bridgehead atoms. The SMILES string of the molecule is CN=C(NCc1cccc(OCCN(C)C)c1)NC(C)c1cccc(N2CCCC2)c1. The number of anilines is 1. The van der Waals surface area contributed by atoms with Crippen LogP contribution in [0, 0.1) is 0 Å². The normalized spacial score (nSPS) is 15.3. The van der Waals surface area contributed by atoms with Gasteiger partial charge in [-0.3, -0.25) is 4.99 Å². The Morgan fingerprint density at radius 2 is 1.90 bits per heavy atom. The molecule has 31 heavy (non-hydrogen) atoms. The first-order chi connectivity index (χ1) is 15.0. The number of guanidine groups is 1. The molecule has 0 amide bonds. The van der Waals surface area contributed by atoms with E-state index in [1.54, 1.807) is 0 Å². The van der Waals surface area contributed by atoms with Gasteiger partial charge in [0.05, 0.1) is 6.04 Å². The van der Waals surface area contributed by atoms with Gasteiger partial charge in [-0.15, -0.1) is 0 Å². The molecule has 2 aromatic carbocycles. The summed E-state index contributed by atoms with van der Waals surface area (Å²) in [5.74, 6) is 1.69. The van der Waals surface area contributed by atoms with Crippen molar-refractivity contribution < 1.29 is 4.74 Å². The van der Waals surface area contributed by atoms with Gasteiger partial charge in [0.2, 0.25) is 0 Å². The van der Waals surface area contributed by atoms with Crippen molar-refractivity contribution in [2.75, 3.05) is 52.3 Å². The minimum atomic E-state index is 0.162. The maximum atomic E-state index is 5.85. The lowest BCUT2D eigenvalue weighted by molar-refractivity contribution is 0.261. The quantitative estimate of drug-likeness (QED) is 0.476. The number of hydrogen-bond donors (Lipinski definition) is 2. The van der Waals surface area contributed by atoms with Gasteiger partial charge in [0.15, 0.2) is 5.96 Å². The van der Waals surface area contributed by atoms with E-state index in [9.17, 15) is 0 Å². The van der Waals surface area contributed by atoms with Crippen molar-refractivity contribution in [1.82, 2.24) is 15.5 Å².